The van der Waals surface area contributed by atoms with Gasteiger partial charge in [-0.3, -0.25) is 4.99 Å². The van der Waals surface area contributed by atoms with Crippen LogP contribution in [0, 0.1) is 5.41 Å². The molecule has 0 spiro atoms. The van der Waals surface area contributed by atoms with Crippen molar-refractivity contribution in [3.8, 4) is 0 Å². The van der Waals surface area contributed by atoms with Gasteiger partial charge in [0.15, 0.2) is 5.96 Å². The molecule has 1 saturated heterocycles. The molecular weight excluding hydrogens is 330 g/mol. The molecule has 1 aliphatic heterocycles. The van der Waals surface area contributed by atoms with Gasteiger partial charge >= 0.3 is 0 Å². The van der Waals surface area contributed by atoms with Crippen LogP contribution in [0.4, 0.5) is 0 Å². The Labute approximate surface area is 157 Å². The van der Waals surface area contributed by atoms with Crippen LogP contribution >= 0.6 is 0 Å². The number of hydrogen-bond acceptors (Lipinski definition) is 4. The molecule has 1 heterocycles. The molecule has 1 aliphatic rings. The highest BCUT2D eigenvalue weighted by molar-refractivity contribution is 5.79. The molecule has 1 unspecified atom stereocenters. The number of rotatable bonds is 11. The number of nitrogens with one attached hydrogen (secondary N) is 2. The van der Waals surface area contributed by atoms with Gasteiger partial charge in [0, 0.05) is 45.4 Å². The molecule has 1 fully saturated rings. The predicted octanol–water partition coefficient (Wildman–Crippen LogP) is 1.59. The van der Waals surface area contributed by atoms with Gasteiger partial charge in [0.1, 0.15) is 0 Å². The van der Waals surface area contributed by atoms with Gasteiger partial charge in [0.05, 0.1) is 13.2 Å². The third-order valence-electron chi connectivity index (χ3n) is 4.82. The van der Waals surface area contributed by atoms with E-state index in [1.54, 1.807) is 7.05 Å². The van der Waals surface area contributed by atoms with Crippen LogP contribution in [0.5, 0.6) is 0 Å². The molecule has 6 heteroatoms. The van der Waals surface area contributed by atoms with Crippen molar-refractivity contribution in [1.29, 1.82) is 0 Å². The minimum absolute atomic E-state index is 0.0208. The molecule has 3 N–H and O–H groups in total. The van der Waals surface area contributed by atoms with Crippen molar-refractivity contribution >= 4 is 5.96 Å². The van der Waals surface area contributed by atoms with E-state index in [9.17, 15) is 5.11 Å². The quantitative estimate of drug-likeness (QED) is 0.316. The standard InChI is InChI=1S/C20H33N3O3/c1-21-19(23-16-20(9-12-24)10-15-26-17-20)22-11-5-13-25-14-8-18-6-3-2-4-7-18/h2-4,6-7,24H,5,8-17H2,1H3,(H2,21,22,23). The van der Waals surface area contributed by atoms with Crippen LogP contribution in [0.1, 0.15) is 24.8 Å². The average Bonchev–Trinajstić information content (AvgIpc) is 3.13. The SMILES string of the molecule is CN=C(NCCCOCCc1ccccc1)NCC1(CCO)CCOC1. The van der Waals surface area contributed by atoms with E-state index in [-0.39, 0.29) is 12.0 Å². The summed E-state index contributed by atoms with van der Waals surface area (Å²) in [5, 5.41) is 16.0. The summed E-state index contributed by atoms with van der Waals surface area (Å²) in [5.74, 6) is 0.790. The molecule has 1 atom stereocenters. The lowest BCUT2D eigenvalue weighted by molar-refractivity contribution is 0.127. The van der Waals surface area contributed by atoms with Gasteiger partial charge in [-0.1, -0.05) is 30.3 Å². The van der Waals surface area contributed by atoms with Gasteiger partial charge < -0.3 is 25.2 Å². The van der Waals surface area contributed by atoms with Crippen LogP contribution in [0.2, 0.25) is 0 Å². The first-order valence-electron chi connectivity index (χ1n) is 9.53. The molecule has 0 aliphatic carbocycles. The topological polar surface area (TPSA) is 75.1 Å². The molecular formula is C20H33N3O3. The molecule has 6 nitrogen and oxygen atoms in total. The lowest BCUT2D eigenvalue weighted by Gasteiger charge is -2.27. The number of aliphatic hydroxyl groups is 1. The molecule has 0 amide bonds. The van der Waals surface area contributed by atoms with E-state index in [0.29, 0.717) is 6.61 Å². The first kappa shape index (κ1) is 20.7. The van der Waals surface area contributed by atoms with Crippen molar-refractivity contribution in [1.82, 2.24) is 10.6 Å². The molecule has 2 rings (SSSR count). The zero-order valence-electron chi connectivity index (χ0n) is 15.9. The van der Waals surface area contributed by atoms with E-state index in [1.165, 1.54) is 5.56 Å². The summed E-state index contributed by atoms with van der Waals surface area (Å²) in [6.45, 7) is 4.73. The van der Waals surface area contributed by atoms with E-state index < -0.39 is 0 Å². The monoisotopic (exact) mass is 363 g/mol. The predicted molar refractivity (Wildman–Crippen MR) is 105 cm³/mol. The summed E-state index contributed by atoms with van der Waals surface area (Å²) >= 11 is 0. The molecule has 1 aromatic rings. The summed E-state index contributed by atoms with van der Waals surface area (Å²) in [6.07, 6.45) is 3.62. The largest absolute Gasteiger partial charge is 0.396 e. The number of aliphatic imine (C=N–C) groups is 1. The molecule has 146 valence electrons. The lowest BCUT2D eigenvalue weighted by Crippen LogP contribution is -2.44. The van der Waals surface area contributed by atoms with Crippen molar-refractivity contribution < 1.29 is 14.6 Å². The van der Waals surface area contributed by atoms with Crippen molar-refractivity contribution in [3.63, 3.8) is 0 Å². The van der Waals surface area contributed by atoms with E-state index >= 15 is 0 Å². The number of guanidine groups is 1. The van der Waals surface area contributed by atoms with Gasteiger partial charge in [-0.2, -0.15) is 0 Å². The smallest absolute Gasteiger partial charge is 0.190 e. The van der Waals surface area contributed by atoms with Crippen LogP contribution in [0.25, 0.3) is 0 Å². The van der Waals surface area contributed by atoms with E-state index in [0.717, 1.165) is 64.6 Å². The van der Waals surface area contributed by atoms with Crippen LogP contribution in [-0.2, 0) is 15.9 Å². The van der Waals surface area contributed by atoms with Crippen LogP contribution in [-0.4, -0.2) is 64.2 Å². The third kappa shape index (κ3) is 7.32. The first-order chi connectivity index (χ1) is 12.8. The Balaban J connectivity index is 1.54. The summed E-state index contributed by atoms with van der Waals surface area (Å²) < 4.78 is 11.2. The maximum atomic E-state index is 9.29. The molecule has 0 saturated carbocycles. The molecule has 0 radical (unpaired) electrons. The molecule has 26 heavy (non-hydrogen) atoms. The summed E-state index contributed by atoms with van der Waals surface area (Å²) in [7, 11) is 1.77. The maximum absolute atomic E-state index is 9.29. The zero-order chi connectivity index (χ0) is 18.5. The maximum Gasteiger partial charge on any atom is 0.190 e. The number of aliphatic hydroxyl groups excluding tert-OH is 1. The second kappa shape index (κ2) is 11.9. The molecule has 1 aromatic carbocycles. The number of hydrogen-bond donors (Lipinski definition) is 3. The van der Waals surface area contributed by atoms with Gasteiger partial charge in [-0.25, -0.2) is 0 Å². The van der Waals surface area contributed by atoms with Crippen LogP contribution in [0.15, 0.2) is 35.3 Å². The Hall–Kier alpha value is -1.63. The van der Waals surface area contributed by atoms with Crippen molar-refractivity contribution in [2.45, 2.75) is 25.7 Å². The van der Waals surface area contributed by atoms with Gasteiger partial charge in [-0.05, 0) is 31.2 Å². The minimum atomic E-state index is 0.0208. The van der Waals surface area contributed by atoms with Crippen molar-refractivity contribution in [3.05, 3.63) is 35.9 Å². The molecule has 0 aromatic heterocycles. The summed E-state index contributed by atoms with van der Waals surface area (Å²) in [5.41, 5.74) is 1.33. The van der Waals surface area contributed by atoms with E-state index in [4.69, 9.17) is 9.47 Å². The van der Waals surface area contributed by atoms with Crippen molar-refractivity contribution in [2.24, 2.45) is 10.4 Å². The highest BCUT2D eigenvalue weighted by atomic mass is 16.5. The fourth-order valence-corrected chi connectivity index (χ4v) is 3.12. The molecule has 0 bridgehead atoms. The Morgan fingerprint density at radius 1 is 1.27 bits per heavy atom. The Morgan fingerprint density at radius 2 is 2.12 bits per heavy atom. The minimum Gasteiger partial charge on any atom is -0.396 e. The highest BCUT2D eigenvalue weighted by Crippen LogP contribution is 2.31. The van der Waals surface area contributed by atoms with Crippen LogP contribution in [0.3, 0.4) is 0 Å². The fraction of sp³-hybridized carbons (Fsp3) is 0.650. The van der Waals surface area contributed by atoms with Gasteiger partial charge in [0.2, 0.25) is 0 Å². The van der Waals surface area contributed by atoms with E-state index in [1.807, 2.05) is 6.07 Å². The Morgan fingerprint density at radius 3 is 2.81 bits per heavy atom. The Bertz CT molecular complexity index is 516. The summed E-state index contributed by atoms with van der Waals surface area (Å²) in [4.78, 5) is 4.26. The second-order valence-electron chi connectivity index (χ2n) is 6.83. The third-order valence-corrected chi connectivity index (χ3v) is 4.82. The fourth-order valence-electron chi connectivity index (χ4n) is 3.12. The van der Waals surface area contributed by atoms with Gasteiger partial charge in [-0.15, -0.1) is 0 Å². The first-order valence-corrected chi connectivity index (χ1v) is 9.53. The van der Waals surface area contributed by atoms with E-state index in [2.05, 4.69) is 39.9 Å². The second-order valence-corrected chi connectivity index (χ2v) is 6.83. The Kier molecular flexibility index (Phi) is 9.45. The number of benzene rings is 1. The zero-order valence-corrected chi connectivity index (χ0v) is 15.9. The number of ether oxygens (including phenoxy) is 2. The average molecular weight is 364 g/mol. The summed E-state index contributed by atoms with van der Waals surface area (Å²) in [6, 6.07) is 10.4. The van der Waals surface area contributed by atoms with Crippen LogP contribution < -0.4 is 10.6 Å². The lowest BCUT2D eigenvalue weighted by atomic mass is 9.84. The van der Waals surface area contributed by atoms with Gasteiger partial charge in [0.25, 0.3) is 0 Å². The number of nitrogens with zero attached hydrogens (tertiary/aromatic N) is 1. The van der Waals surface area contributed by atoms with Crippen molar-refractivity contribution in [2.75, 3.05) is 53.2 Å². The normalized spacial score (nSPS) is 20.3. The highest BCUT2D eigenvalue weighted by Gasteiger charge is 2.34.